The SMILES string of the molecule is COC(=O)C(C(=O)OC(C)(C)C)C(=O)c1occc(=O)c1OCc1ccccc1. The maximum absolute atomic E-state index is 12.9. The summed E-state index contributed by atoms with van der Waals surface area (Å²) in [4.78, 5) is 49.8. The Balaban J connectivity index is 2.38. The summed E-state index contributed by atoms with van der Waals surface area (Å²) in [7, 11) is 1.03. The predicted molar refractivity (Wildman–Crippen MR) is 101 cm³/mol. The summed E-state index contributed by atoms with van der Waals surface area (Å²) in [5.74, 6) is -6.26. The van der Waals surface area contributed by atoms with Gasteiger partial charge in [0.1, 0.15) is 12.2 Å². The Hall–Kier alpha value is -3.42. The lowest BCUT2D eigenvalue weighted by Crippen LogP contribution is -2.38. The van der Waals surface area contributed by atoms with E-state index in [0.29, 0.717) is 0 Å². The van der Waals surface area contributed by atoms with E-state index in [0.717, 1.165) is 25.0 Å². The van der Waals surface area contributed by atoms with Gasteiger partial charge in [-0.3, -0.25) is 19.2 Å². The predicted octanol–water partition coefficient (Wildman–Crippen LogP) is 2.53. The van der Waals surface area contributed by atoms with Crippen molar-refractivity contribution in [2.45, 2.75) is 33.0 Å². The number of benzene rings is 1. The molecule has 0 aliphatic carbocycles. The number of esters is 2. The molecule has 8 heteroatoms. The van der Waals surface area contributed by atoms with Gasteiger partial charge in [-0.25, -0.2) is 0 Å². The molecule has 1 atom stereocenters. The highest BCUT2D eigenvalue weighted by molar-refractivity contribution is 6.20. The largest absolute Gasteiger partial charge is 0.481 e. The van der Waals surface area contributed by atoms with Crippen LogP contribution in [0.4, 0.5) is 0 Å². The summed E-state index contributed by atoms with van der Waals surface area (Å²) in [6, 6.07) is 9.99. The molecule has 0 fully saturated rings. The Morgan fingerprint density at radius 2 is 1.69 bits per heavy atom. The van der Waals surface area contributed by atoms with Crippen molar-refractivity contribution in [3.8, 4) is 5.75 Å². The van der Waals surface area contributed by atoms with Gasteiger partial charge in [0.2, 0.25) is 28.6 Å². The molecule has 8 nitrogen and oxygen atoms in total. The minimum atomic E-state index is -1.95. The summed E-state index contributed by atoms with van der Waals surface area (Å²) < 4.78 is 20.4. The van der Waals surface area contributed by atoms with Gasteiger partial charge in [0.15, 0.2) is 0 Å². The van der Waals surface area contributed by atoms with E-state index in [9.17, 15) is 19.2 Å². The molecule has 0 spiro atoms. The molecule has 0 bridgehead atoms. The van der Waals surface area contributed by atoms with Crippen LogP contribution in [0.2, 0.25) is 0 Å². The standard InChI is InChI=1S/C21H22O8/c1-21(2,3)29-20(25)15(19(24)26-4)16(23)18-17(14(22)10-11-27-18)28-12-13-8-6-5-7-9-13/h5-11,15H,12H2,1-4H3. The molecule has 0 N–H and O–H groups in total. The Morgan fingerprint density at radius 3 is 2.28 bits per heavy atom. The lowest BCUT2D eigenvalue weighted by molar-refractivity contribution is -0.165. The maximum atomic E-state index is 12.9. The van der Waals surface area contributed by atoms with Gasteiger partial charge in [-0.2, -0.15) is 0 Å². The first-order valence-corrected chi connectivity index (χ1v) is 8.77. The zero-order valence-corrected chi connectivity index (χ0v) is 16.6. The third-order valence-corrected chi connectivity index (χ3v) is 3.63. The number of Topliss-reactive ketones (excluding diaryl/α,β-unsaturated/α-hetero) is 1. The number of carbonyl (C=O) groups is 3. The molecule has 0 saturated carbocycles. The van der Waals surface area contributed by atoms with Gasteiger partial charge in [0.25, 0.3) is 0 Å². The molecule has 0 aliphatic rings. The van der Waals surface area contributed by atoms with E-state index >= 15 is 0 Å². The molecule has 0 aliphatic heterocycles. The van der Waals surface area contributed by atoms with E-state index in [1.807, 2.05) is 6.07 Å². The minimum Gasteiger partial charge on any atom is -0.481 e. The van der Waals surface area contributed by atoms with Gasteiger partial charge < -0.3 is 18.6 Å². The topological polar surface area (TPSA) is 109 Å². The van der Waals surface area contributed by atoms with E-state index in [2.05, 4.69) is 4.74 Å². The van der Waals surface area contributed by atoms with Crippen molar-refractivity contribution in [3.63, 3.8) is 0 Å². The number of ketones is 1. The average molecular weight is 402 g/mol. The zero-order valence-electron chi connectivity index (χ0n) is 16.6. The number of ether oxygens (including phenoxy) is 3. The van der Waals surface area contributed by atoms with Gasteiger partial charge in [0.05, 0.1) is 13.4 Å². The van der Waals surface area contributed by atoms with Crippen LogP contribution in [0.25, 0.3) is 0 Å². The van der Waals surface area contributed by atoms with E-state index in [4.69, 9.17) is 13.9 Å². The normalized spacial score (nSPS) is 12.0. The summed E-state index contributed by atoms with van der Waals surface area (Å²) in [5, 5.41) is 0. The third-order valence-electron chi connectivity index (χ3n) is 3.63. The van der Waals surface area contributed by atoms with E-state index in [-0.39, 0.29) is 6.61 Å². The van der Waals surface area contributed by atoms with Crippen LogP contribution < -0.4 is 10.2 Å². The van der Waals surface area contributed by atoms with E-state index in [1.54, 1.807) is 45.0 Å². The average Bonchev–Trinajstić information content (AvgIpc) is 2.66. The Bertz CT molecular complexity index is 937. The maximum Gasteiger partial charge on any atom is 0.329 e. The molecule has 2 rings (SSSR count). The second kappa shape index (κ2) is 9.18. The van der Waals surface area contributed by atoms with Crippen LogP contribution in [0.5, 0.6) is 5.75 Å². The fraction of sp³-hybridized carbons (Fsp3) is 0.333. The zero-order chi connectivity index (χ0) is 21.6. The van der Waals surface area contributed by atoms with E-state index in [1.165, 1.54) is 0 Å². The van der Waals surface area contributed by atoms with Gasteiger partial charge in [-0.05, 0) is 26.3 Å². The van der Waals surface area contributed by atoms with Crippen molar-refractivity contribution in [1.29, 1.82) is 0 Å². The summed E-state index contributed by atoms with van der Waals surface area (Å²) >= 11 is 0. The van der Waals surface area contributed by atoms with Crippen LogP contribution in [0.1, 0.15) is 36.9 Å². The van der Waals surface area contributed by atoms with Crippen molar-refractivity contribution in [2.24, 2.45) is 5.92 Å². The van der Waals surface area contributed by atoms with Crippen LogP contribution in [0.3, 0.4) is 0 Å². The van der Waals surface area contributed by atoms with Gasteiger partial charge in [-0.1, -0.05) is 30.3 Å². The number of rotatable bonds is 7. The third kappa shape index (κ3) is 5.78. The van der Waals surface area contributed by atoms with Gasteiger partial charge in [-0.15, -0.1) is 0 Å². The minimum absolute atomic E-state index is 0.0226. The molecule has 1 heterocycles. The number of hydrogen-bond donors (Lipinski definition) is 0. The highest BCUT2D eigenvalue weighted by Crippen LogP contribution is 2.22. The van der Waals surface area contributed by atoms with Crippen LogP contribution in [0, 0.1) is 5.92 Å². The fourth-order valence-corrected chi connectivity index (χ4v) is 2.36. The van der Waals surface area contributed by atoms with Crippen LogP contribution in [0.15, 0.2) is 51.9 Å². The number of carbonyl (C=O) groups excluding carboxylic acids is 3. The molecule has 29 heavy (non-hydrogen) atoms. The van der Waals surface area contributed by atoms with Crippen LogP contribution >= 0.6 is 0 Å². The molecule has 1 unspecified atom stereocenters. The van der Waals surface area contributed by atoms with Crippen LogP contribution in [-0.2, 0) is 25.7 Å². The van der Waals surface area contributed by atoms with Gasteiger partial charge >= 0.3 is 11.9 Å². The summed E-state index contributed by atoms with van der Waals surface area (Å²) in [5.41, 5.74) is -0.845. The summed E-state index contributed by atoms with van der Waals surface area (Å²) in [6.07, 6.45) is 0.981. The van der Waals surface area contributed by atoms with Crippen LogP contribution in [-0.4, -0.2) is 30.4 Å². The molecular weight excluding hydrogens is 380 g/mol. The monoisotopic (exact) mass is 402 g/mol. The molecule has 0 saturated heterocycles. The van der Waals surface area contributed by atoms with Crippen molar-refractivity contribution in [2.75, 3.05) is 7.11 Å². The van der Waals surface area contributed by atoms with Crippen molar-refractivity contribution in [3.05, 3.63) is 64.2 Å². The van der Waals surface area contributed by atoms with E-state index < -0.39 is 46.2 Å². The molecule has 2 aromatic rings. The second-order valence-electron chi connectivity index (χ2n) is 7.07. The Morgan fingerprint density at radius 1 is 1.03 bits per heavy atom. The molecular formula is C21H22O8. The number of hydrogen-bond acceptors (Lipinski definition) is 8. The lowest BCUT2D eigenvalue weighted by atomic mass is 10.0. The van der Waals surface area contributed by atoms with Crippen molar-refractivity contribution < 1.29 is 33.0 Å². The Labute approximate surface area is 167 Å². The van der Waals surface area contributed by atoms with Crippen molar-refractivity contribution in [1.82, 2.24) is 0 Å². The fourth-order valence-electron chi connectivity index (χ4n) is 2.36. The molecule has 0 amide bonds. The summed E-state index contributed by atoms with van der Waals surface area (Å²) in [6.45, 7) is 4.73. The first kappa shape index (κ1) is 21.9. The molecule has 1 aromatic heterocycles. The second-order valence-corrected chi connectivity index (χ2v) is 7.07. The quantitative estimate of drug-likeness (QED) is 0.395. The van der Waals surface area contributed by atoms with Gasteiger partial charge in [0, 0.05) is 6.07 Å². The smallest absolute Gasteiger partial charge is 0.329 e. The highest BCUT2D eigenvalue weighted by atomic mass is 16.6. The lowest BCUT2D eigenvalue weighted by Gasteiger charge is -2.22. The Kier molecular flexibility index (Phi) is 6.93. The molecule has 1 aromatic carbocycles. The first-order valence-electron chi connectivity index (χ1n) is 8.77. The number of methoxy groups -OCH3 is 1. The molecule has 154 valence electrons. The van der Waals surface area contributed by atoms with Crippen molar-refractivity contribution >= 4 is 17.7 Å². The molecule has 0 radical (unpaired) electrons. The highest BCUT2D eigenvalue weighted by Gasteiger charge is 2.42. The first-order chi connectivity index (χ1) is 13.6.